The summed E-state index contributed by atoms with van der Waals surface area (Å²) in [5.41, 5.74) is 0.712. The average molecular weight is 199 g/mol. The summed E-state index contributed by atoms with van der Waals surface area (Å²) < 4.78 is 9.56. The third-order valence-electron chi connectivity index (χ3n) is 1.92. The fraction of sp³-hybridized carbons (Fsp3) is 0.556. The minimum absolute atomic E-state index is 0.143. The highest BCUT2D eigenvalue weighted by atomic mass is 16.5. The molecule has 0 aliphatic rings. The zero-order valence-electron chi connectivity index (χ0n) is 8.40. The third kappa shape index (κ3) is 2.32. The van der Waals surface area contributed by atoms with Gasteiger partial charge in [0.2, 0.25) is 5.89 Å². The number of rotatable bonds is 3. The number of nitrogens with zero attached hydrogens (tertiary/aromatic N) is 1. The van der Waals surface area contributed by atoms with Gasteiger partial charge in [-0.15, -0.1) is 0 Å². The summed E-state index contributed by atoms with van der Waals surface area (Å²) in [6, 6.07) is 0. The molecule has 5 nitrogen and oxygen atoms in total. The first kappa shape index (κ1) is 10.7. The van der Waals surface area contributed by atoms with Crippen LogP contribution in [0.1, 0.15) is 29.9 Å². The first-order chi connectivity index (χ1) is 6.54. The molecule has 78 valence electrons. The van der Waals surface area contributed by atoms with Gasteiger partial charge in [0.05, 0.1) is 19.2 Å². The molecule has 14 heavy (non-hydrogen) atoms. The van der Waals surface area contributed by atoms with Crippen LogP contribution in [0, 0.1) is 13.8 Å². The number of aliphatic hydroxyl groups is 1. The Balaban J connectivity index is 2.69. The number of methoxy groups -OCH3 is 1. The number of hydrogen-bond acceptors (Lipinski definition) is 5. The number of ether oxygens (including phenoxy) is 1. The van der Waals surface area contributed by atoms with Gasteiger partial charge in [-0.2, -0.15) is 0 Å². The molecule has 0 aliphatic carbocycles. The number of carbonyl (C=O) groups excluding carboxylic acids is 1. The number of oxazole rings is 1. The molecule has 0 spiro atoms. The molecule has 1 aromatic rings. The molecule has 1 aromatic heterocycles. The number of aryl methyl sites for hydroxylation is 2. The monoisotopic (exact) mass is 199 g/mol. The lowest BCUT2D eigenvalue weighted by atomic mass is 10.2. The largest absolute Gasteiger partial charge is 0.469 e. The van der Waals surface area contributed by atoms with Crippen molar-refractivity contribution in [2.75, 3.05) is 7.11 Å². The Bertz CT molecular complexity index is 312. The number of aromatic nitrogens is 1. The topological polar surface area (TPSA) is 72.6 Å². The van der Waals surface area contributed by atoms with Gasteiger partial charge in [0, 0.05) is 0 Å². The van der Waals surface area contributed by atoms with Gasteiger partial charge in [0.15, 0.2) is 0 Å². The molecule has 1 rings (SSSR count). The van der Waals surface area contributed by atoms with Crippen LogP contribution >= 0.6 is 0 Å². The van der Waals surface area contributed by atoms with Crippen LogP contribution in [0.3, 0.4) is 0 Å². The van der Waals surface area contributed by atoms with Crippen molar-refractivity contribution in [3.05, 3.63) is 17.3 Å². The van der Waals surface area contributed by atoms with Gasteiger partial charge in [-0.1, -0.05) is 0 Å². The molecule has 0 radical (unpaired) electrons. The van der Waals surface area contributed by atoms with E-state index in [2.05, 4.69) is 9.72 Å². The quantitative estimate of drug-likeness (QED) is 0.732. The highest BCUT2D eigenvalue weighted by Crippen LogP contribution is 2.18. The van der Waals surface area contributed by atoms with Crippen LogP contribution in [-0.4, -0.2) is 23.2 Å². The summed E-state index contributed by atoms with van der Waals surface area (Å²) in [6.07, 6.45) is -1.18. The maximum atomic E-state index is 10.8. The molecule has 0 saturated heterocycles. The summed E-state index contributed by atoms with van der Waals surface area (Å²) in [6.45, 7) is 3.52. The lowest BCUT2D eigenvalue weighted by Gasteiger charge is -2.03. The molecule has 0 aliphatic heterocycles. The van der Waals surface area contributed by atoms with Gasteiger partial charge in [0.25, 0.3) is 0 Å². The summed E-state index contributed by atoms with van der Waals surface area (Å²) >= 11 is 0. The van der Waals surface area contributed by atoms with Gasteiger partial charge in [-0.25, -0.2) is 4.98 Å². The molecule has 1 heterocycles. The highest BCUT2D eigenvalue weighted by Gasteiger charge is 2.19. The predicted octanol–water partition coefficient (Wildman–Crippen LogP) is 0.888. The predicted molar refractivity (Wildman–Crippen MR) is 47.6 cm³/mol. The number of carbonyl (C=O) groups is 1. The van der Waals surface area contributed by atoms with Crippen molar-refractivity contribution >= 4 is 5.97 Å². The van der Waals surface area contributed by atoms with E-state index in [1.165, 1.54) is 7.11 Å². The smallest absolute Gasteiger partial charge is 0.308 e. The molecule has 0 amide bonds. The number of aliphatic hydroxyl groups excluding tert-OH is 1. The SMILES string of the molecule is COC(=O)CC(O)c1nc(C)c(C)o1. The number of esters is 1. The van der Waals surface area contributed by atoms with Gasteiger partial charge in [0.1, 0.15) is 11.9 Å². The first-order valence-corrected chi connectivity index (χ1v) is 4.23. The first-order valence-electron chi connectivity index (χ1n) is 4.23. The van der Waals surface area contributed by atoms with Gasteiger partial charge in [-0.3, -0.25) is 4.79 Å². The minimum Gasteiger partial charge on any atom is -0.469 e. The van der Waals surface area contributed by atoms with E-state index in [0.717, 1.165) is 0 Å². The van der Waals surface area contributed by atoms with Gasteiger partial charge < -0.3 is 14.3 Å². The van der Waals surface area contributed by atoms with Crippen LogP contribution in [-0.2, 0) is 9.53 Å². The summed E-state index contributed by atoms with van der Waals surface area (Å²) in [5.74, 6) is 0.306. The molecule has 1 atom stereocenters. The van der Waals surface area contributed by atoms with Crippen molar-refractivity contribution in [1.29, 1.82) is 0 Å². The molecular weight excluding hydrogens is 186 g/mol. The maximum absolute atomic E-state index is 10.8. The second kappa shape index (κ2) is 4.23. The molecule has 0 bridgehead atoms. The van der Waals surface area contributed by atoms with E-state index in [1.54, 1.807) is 13.8 Å². The van der Waals surface area contributed by atoms with Crippen LogP contribution in [0.15, 0.2) is 4.42 Å². The van der Waals surface area contributed by atoms with E-state index >= 15 is 0 Å². The zero-order valence-corrected chi connectivity index (χ0v) is 8.40. The van der Waals surface area contributed by atoms with Crippen LogP contribution in [0.25, 0.3) is 0 Å². The molecule has 1 unspecified atom stereocenters. The van der Waals surface area contributed by atoms with Crippen molar-refractivity contribution in [3.63, 3.8) is 0 Å². The Morgan fingerprint density at radius 2 is 2.29 bits per heavy atom. The summed E-state index contributed by atoms with van der Waals surface area (Å²) in [4.78, 5) is 14.8. The minimum atomic E-state index is -1.03. The Morgan fingerprint density at radius 3 is 2.71 bits per heavy atom. The average Bonchev–Trinajstić information content (AvgIpc) is 2.47. The Labute approximate surface area is 81.7 Å². The standard InChI is InChI=1S/C9H13NO4/c1-5-6(2)14-9(10-5)7(11)4-8(12)13-3/h7,11H,4H2,1-3H3. The normalized spacial score (nSPS) is 12.6. The van der Waals surface area contributed by atoms with E-state index in [-0.39, 0.29) is 12.3 Å². The van der Waals surface area contributed by atoms with E-state index in [1.807, 2.05) is 0 Å². The fourth-order valence-electron chi connectivity index (χ4n) is 0.969. The van der Waals surface area contributed by atoms with Gasteiger partial charge in [-0.05, 0) is 13.8 Å². The lowest BCUT2D eigenvalue weighted by molar-refractivity contribution is -0.143. The molecule has 5 heteroatoms. The van der Waals surface area contributed by atoms with Crippen molar-refractivity contribution in [3.8, 4) is 0 Å². The summed E-state index contributed by atoms with van der Waals surface area (Å²) in [5, 5.41) is 9.50. The molecule has 1 N–H and O–H groups in total. The fourth-order valence-corrected chi connectivity index (χ4v) is 0.969. The van der Waals surface area contributed by atoms with Crippen molar-refractivity contribution < 1.29 is 19.1 Å². The third-order valence-corrected chi connectivity index (χ3v) is 1.92. The van der Waals surface area contributed by atoms with E-state index in [4.69, 9.17) is 4.42 Å². The van der Waals surface area contributed by atoms with Crippen molar-refractivity contribution in [2.24, 2.45) is 0 Å². The van der Waals surface area contributed by atoms with Crippen LogP contribution in [0.2, 0.25) is 0 Å². The Hall–Kier alpha value is -1.36. The van der Waals surface area contributed by atoms with Crippen molar-refractivity contribution in [2.45, 2.75) is 26.4 Å². The van der Waals surface area contributed by atoms with Crippen molar-refractivity contribution in [1.82, 2.24) is 4.98 Å². The van der Waals surface area contributed by atoms with E-state index in [0.29, 0.717) is 11.5 Å². The molecular formula is C9H13NO4. The van der Waals surface area contributed by atoms with Gasteiger partial charge >= 0.3 is 5.97 Å². The second-order valence-electron chi connectivity index (χ2n) is 2.99. The second-order valence-corrected chi connectivity index (χ2v) is 2.99. The summed E-state index contributed by atoms with van der Waals surface area (Å²) in [7, 11) is 1.26. The van der Waals surface area contributed by atoms with Crippen LogP contribution in [0.4, 0.5) is 0 Å². The van der Waals surface area contributed by atoms with Crippen LogP contribution < -0.4 is 0 Å². The van der Waals surface area contributed by atoms with E-state index < -0.39 is 12.1 Å². The van der Waals surface area contributed by atoms with Crippen LogP contribution in [0.5, 0.6) is 0 Å². The lowest BCUT2D eigenvalue weighted by Crippen LogP contribution is -2.08. The number of hydrogen-bond donors (Lipinski definition) is 1. The molecule has 0 aromatic carbocycles. The highest BCUT2D eigenvalue weighted by molar-refractivity contribution is 5.69. The van der Waals surface area contributed by atoms with E-state index in [9.17, 15) is 9.90 Å². The molecule has 0 saturated carbocycles. The molecule has 0 fully saturated rings. The zero-order chi connectivity index (χ0) is 10.7. The Morgan fingerprint density at radius 1 is 1.64 bits per heavy atom. The Kier molecular flexibility index (Phi) is 3.24. The maximum Gasteiger partial charge on any atom is 0.308 e.